The average molecular weight is 620 g/mol. The predicted octanol–water partition coefficient (Wildman–Crippen LogP) is 3.08. The van der Waals surface area contributed by atoms with Gasteiger partial charge in [0.05, 0.1) is 41.9 Å². The first kappa shape index (κ1) is 30.4. The standard InChI is InChI=1S/C31H32F3N9O2/c1-21-22(4-6-28-38-39-30-36-18-26(20-43(28)30)42-11-13-45-14-12-42)15-24(17-35-21)29(44)37-25-5-3-23(27(16-25)31(32,33)34)19-41-9-7-40(2)8-10-41/h3,5,15-18,20H,7-14,19H2,1-2H3,(H,37,44). The van der Waals surface area contributed by atoms with Crippen molar-refractivity contribution in [2.45, 2.75) is 19.6 Å². The summed E-state index contributed by atoms with van der Waals surface area (Å²) in [5, 5.41) is 10.8. The molecule has 5 heterocycles. The van der Waals surface area contributed by atoms with Gasteiger partial charge in [0.2, 0.25) is 5.82 Å². The first-order chi connectivity index (χ1) is 21.6. The molecule has 0 spiro atoms. The van der Waals surface area contributed by atoms with Crippen molar-refractivity contribution in [3.05, 3.63) is 76.6 Å². The number of fused-ring (bicyclic) bond motifs is 1. The van der Waals surface area contributed by atoms with E-state index in [-0.39, 0.29) is 23.4 Å². The molecular weight excluding hydrogens is 587 g/mol. The molecule has 6 rings (SSSR count). The van der Waals surface area contributed by atoms with Gasteiger partial charge >= 0.3 is 6.18 Å². The number of morpholine rings is 1. The lowest BCUT2D eigenvalue weighted by Crippen LogP contribution is -2.44. The van der Waals surface area contributed by atoms with E-state index >= 15 is 0 Å². The Kier molecular flexibility index (Phi) is 8.66. The van der Waals surface area contributed by atoms with Crippen molar-refractivity contribution >= 4 is 23.1 Å². The largest absolute Gasteiger partial charge is 0.416 e. The Morgan fingerprint density at radius 3 is 2.53 bits per heavy atom. The van der Waals surface area contributed by atoms with E-state index in [0.29, 0.717) is 49.2 Å². The van der Waals surface area contributed by atoms with Crippen molar-refractivity contribution in [1.29, 1.82) is 0 Å². The van der Waals surface area contributed by atoms with Crippen molar-refractivity contribution in [1.82, 2.24) is 34.4 Å². The minimum absolute atomic E-state index is 0.0427. The lowest BCUT2D eigenvalue weighted by molar-refractivity contribution is -0.138. The van der Waals surface area contributed by atoms with Crippen LogP contribution in [0.15, 0.2) is 42.9 Å². The third-order valence-electron chi connectivity index (χ3n) is 7.95. The molecule has 2 fully saturated rings. The maximum absolute atomic E-state index is 14.0. The van der Waals surface area contributed by atoms with E-state index in [0.717, 1.165) is 37.9 Å². The van der Waals surface area contributed by atoms with Gasteiger partial charge in [-0.1, -0.05) is 12.0 Å². The van der Waals surface area contributed by atoms with Crippen LogP contribution in [0.3, 0.4) is 0 Å². The molecule has 1 N–H and O–H groups in total. The number of carbonyl (C=O) groups is 1. The zero-order valence-corrected chi connectivity index (χ0v) is 24.9. The number of nitrogens with one attached hydrogen (secondary N) is 1. The number of likely N-dealkylation sites (N-methyl/N-ethyl adjacent to an activating group) is 1. The number of piperazine rings is 1. The second-order valence-electron chi connectivity index (χ2n) is 11.1. The van der Waals surface area contributed by atoms with Gasteiger partial charge in [-0.25, -0.2) is 4.98 Å². The van der Waals surface area contributed by atoms with E-state index in [4.69, 9.17) is 4.74 Å². The van der Waals surface area contributed by atoms with E-state index in [2.05, 4.69) is 47.1 Å². The summed E-state index contributed by atoms with van der Waals surface area (Å²) in [5.74, 6) is 6.16. The molecule has 0 unspecified atom stereocenters. The molecule has 1 amide bonds. The maximum Gasteiger partial charge on any atom is 0.416 e. The molecule has 0 bridgehead atoms. The Balaban J connectivity index is 1.20. The molecule has 234 valence electrons. The van der Waals surface area contributed by atoms with Gasteiger partial charge in [0, 0.05) is 69.5 Å². The van der Waals surface area contributed by atoms with Crippen LogP contribution in [0, 0.1) is 18.8 Å². The molecule has 11 nitrogen and oxygen atoms in total. The topological polar surface area (TPSA) is 104 Å². The van der Waals surface area contributed by atoms with Crippen LogP contribution < -0.4 is 10.2 Å². The SMILES string of the molecule is Cc1ncc(C(=O)Nc2ccc(CN3CCN(C)CC3)c(C(F)(F)F)c2)cc1C#Cc1nnc2ncc(N3CCOCC3)cn12. The van der Waals surface area contributed by atoms with Gasteiger partial charge in [0.1, 0.15) is 0 Å². The van der Waals surface area contributed by atoms with Crippen LogP contribution in [-0.4, -0.2) is 99.8 Å². The maximum atomic E-state index is 14.0. The molecule has 4 aromatic rings. The number of halogens is 3. The van der Waals surface area contributed by atoms with Gasteiger partial charge in [-0.15, -0.1) is 10.2 Å². The van der Waals surface area contributed by atoms with E-state index in [1.807, 2.05) is 18.1 Å². The van der Waals surface area contributed by atoms with Crippen LogP contribution in [0.1, 0.15) is 38.6 Å². The highest BCUT2D eigenvalue weighted by molar-refractivity contribution is 6.04. The molecule has 2 aliphatic rings. The number of hydrogen-bond acceptors (Lipinski definition) is 9. The molecule has 3 aromatic heterocycles. The number of rotatable bonds is 5. The van der Waals surface area contributed by atoms with Crippen molar-refractivity contribution in [2.24, 2.45) is 0 Å². The number of anilines is 2. The van der Waals surface area contributed by atoms with Crippen LogP contribution in [-0.2, 0) is 17.5 Å². The lowest BCUT2D eigenvalue weighted by Gasteiger charge is -2.33. The summed E-state index contributed by atoms with van der Waals surface area (Å²) in [7, 11) is 1.99. The number of pyridine rings is 1. The minimum Gasteiger partial charge on any atom is -0.378 e. The highest BCUT2D eigenvalue weighted by Crippen LogP contribution is 2.34. The van der Waals surface area contributed by atoms with Crippen LogP contribution in [0.2, 0.25) is 0 Å². The number of nitrogens with zero attached hydrogens (tertiary/aromatic N) is 8. The van der Waals surface area contributed by atoms with Crippen LogP contribution >= 0.6 is 0 Å². The number of benzene rings is 1. The Morgan fingerprint density at radius 2 is 1.78 bits per heavy atom. The summed E-state index contributed by atoms with van der Waals surface area (Å²) >= 11 is 0. The summed E-state index contributed by atoms with van der Waals surface area (Å²) in [6, 6.07) is 5.47. The molecule has 0 saturated carbocycles. The highest BCUT2D eigenvalue weighted by atomic mass is 19.4. The Hall–Kier alpha value is -4.58. The van der Waals surface area contributed by atoms with Crippen LogP contribution in [0.5, 0.6) is 0 Å². The monoisotopic (exact) mass is 619 g/mol. The second-order valence-corrected chi connectivity index (χ2v) is 11.1. The summed E-state index contributed by atoms with van der Waals surface area (Å²) < 4.78 is 49.2. The van der Waals surface area contributed by atoms with Gasteiger partial charge in [0.15, 0.2) is 0 Å². The van der Waals surface area contributed by atoms with Crippen molar-refractivity contribution in [3.63, 3.8) is 0 Å². The Morgan fingerprint density at radius 1 is 1.00 bits per heavy atom. The Bertz CT molecular complexity index is 1770. The fourth-order valence-electron chi connectivity index (χ4n) is 5.26. The zero-order chi connectivity index (χ0) is 31.6. The fraction of sp³-hybridized carbons (Fsp3) is 0.387. The lowest BCUT2D eigenvalue weighted by atomic mass is 10.0. The third-order valence-corrected chi connectivity index (χ3v) is 7.95. The first-order valence-electron chi connectivity index (χ1n) is 14.6. The molecule has 45 heavy (non-hydrogen) atoms. The predicted molar refractivity (Wildman–Crippen MR) is 161 cm³/mol. The molecule has 0 aliphatic carbocycles. The van der Waals surface area contributed by atoms with Gasteiger partial charge < -0.3 is 19.9 Å². The number of amides is 1. The number of aromatic nitrogens is 5. The summed E-state index contributed by atoms with van der Waals surface area (Å²) in [6.07, 6.45) is 0.411. The van der Waals surface area contributed by atoms with Gasteiger partial charge in [0.25, 0.3) is 11.7 Å². The van der Waals surface area contributed by atoms with E-state index < -0.39 is 17.6 Å². The molecule has 14 heteroatoms. The third kappa shape index (κ3) is 7.06. The van der Waals surface area contributed by atoms with Crippen LogP contribution in [0.25, 0.3) is 5.78 Å². The molecular formula is C31H32F3N9O2. The molecule has 0 atom stereocenters. The van der Waals surface area contributed by atoms with Gasteiger partial charge in [-0.05, 0) is 43.7 Å². The van der Waals surface area contributed by atoms with Crippen molar-refractivity contribution < 1.29 is 22.7 Å². The molecule has 2 saturated heterocycles. The van der Waals surface area contributed by atoms with Crippen molar-refractivity contribution in [2.75, 3.05) is 69.7 Å². The number of ether oxygens (including phenoxy) is 1. The summed E-state index contributed by atoms with van der Waals surface area (Å²) in [4.78, 5) is 28.1. The van der Waals surface area contributed by atoms with E-state index in [9.17, 15) is 18.0 Å². The summed E-state index contributed by atoms with van der Waals surface area (Å²) in [6.45, 7) is 7.68. The smallest absolute Gasteiger partial charge is 0.378 e. The second kappa shape index (κ2) is 12.8. The number of alkyl halides is 3. The number of carbonyl (C=O) groups excluding carboxylic acids is 1. The van der Waals surface area contributed by atoms with E-state index in [1.54, 1.807) is 23.6 Å². The van der Waals surface area contributed by atoms with E-state index in [1.165, 1.54) is 18.3 Å². The average Bonchev–Trinajstić information content (AvgIpc) is 3.44. The minimum atomic E-state index is -4.57. The number of hydrogen-bond donors (Lipinski definition) is 1. The zero-order valence-electron chi connectivity index (χ0n) is 24.9. The Labute approximate surface area is 258 Å². The fourth-order valence-corrected chi connectivity index (χ4v) is 5.26. The summed E-state index contributed by atoms with van der Waals surface area (Å²) in [5.41, 5.74) is 1.55. The van der Waals surface area contributed by atoms with Gasteiger partial charge in [-0.3, -0.25) is 19.1 Å². The molecule has 1 aromatic carbocycles. The normalized spacial score (nSPS) is 16.4. The van der Waals surface area contributed by atoms with Crippen molar-refractivity contribution in [3.8, 4) is 11.8 Å². The van der Waals surface area contributed by atoms with Crippen LogP contribution in [0.4, 0.5) is 24.5 Å². The molecule has 0 radical (unpaired) electrons. The quantitative estimate of drug-likeness (QED) is 0.338. The highest BCUT2D eigenvalue weighted by Gasteiger charge is 2.34. The molecule has 2 aliphatic heterocycles. The first-order valence-corrected chi connectivity index (χ1v) is 14.6. The van der Waals surface area contributed by atoms with Gasteiger partial charge in [-0.2, -0.15) is 13.2 Å². The number of aryl methyl sites for hydroxylation is 1.